The zero-order valence-corrected chi connectivity index (χ0v) is 54.2. The van der Waals surface area contributed by atoms with E-state index < -0.39 is 246 Å². The monoisotopic (exact) mass is 1420 g/mol. The zero-order chi connectivity index (χ0) is 72.4. The zero-order valence-electron chi connectivity index (χ0n) is 54.2. The molecule has 9 rings (SSSR count). The molecule has 38 nitrogen and oxygen atoms in total. The highest BCUT2D eigenvalue weighted by atomic mass is 16.7. The number of carbonyl (C=O) groups is 7. The van der Waals surface area contributed by atoms with Gasteiger partial charge in [-0.3, -0.25) is 43.5 Å². The highest BCUT2D eigenvalue weighted by Gasteiger charge is 2.54. The van der Waals surface area contributed by atoms with Gasteiger partial charge in [0.05, 0.1) is 51.5 Å². The molecule has 6 amide bonds. The maximum absolute atomic E-state index is 15.3. The van der Waals surface area contributed by atoms with Crippen LogP contribution < -0.4 is 53.4 Å². The van der Waals surface area contributed by atoms with Crippen molar-refractivity contribution < 1.29 is 128 Å². The number of aliphatic hydroxyl groups is 13. The first kappa shape index (κ1) is 76.6. The van der Waals surface area contributed by atoms with Gasteiger partial charge in [0.1, 0.15) is 128 Å². The number of guanidine groups is 2. The summed E-state index contributed by atoms with van der Waals surface area (Å²) in [7, 11) is 0. The molecule has 6 aliphatic heterocycles. The Hall–Kier alpha value is -7.61. The van der Waals surface area contributed by atoms with Gasteiger partial charge >= 0.3 is 5.97 Å². The summed E-state index contributed by atoms with van der Waals surface area (Å²) in [6.07, 6.45) is -27.8. The summed E-state index contributed by atoms with van der Waals surface area (Å²) in [5, 5.41) is 159. The summed E-state index contributed by atoms with van der Waals surface area (Å²) < 4.78 is 34.0. The fraction of sp³-hybridized carbons (Fsp3) is 0.661. The number of aliphatic hydroxyl groups excluding tert-OH is 13. The first-order chi connectivity index (χ1) is 47.7. The quantitative estimate of drug-likeness (QED) is 0.0516. The number of amides is 6. The number of rotatable bonds is 21. The van der Waals surface area contributed by atoms with E-state index >= 15 is 19.2 Å². The van der Waals surface area contributed by atoms with Crippen molar-refractivity contribution >= 4 is 53.3 Å². The van der Waals surface area contributed by atoms with E-state index in [1.54, 1.807) is 37.3 Å². The van der Waals surface area contributed by atoms with Crippen molar-refractivity contribution in [3.05, 3.63) is 65.7 Å². The molecule has 1 saturated carbocycles. The number of aliphatic imine (C=N–C) groups is 2. The summed E-state index contributed by atoms with van der Waals surface area (Å²) in [5.41, 5.74) is 13.0. The first-order valence-corrected chi connectivity index (χ1v) is 32.9. The average Bonchev–Trinajstić information content (AvgIpc) is 1.44. The van der Waals surface area contributed by atoms with Gasteiger partial charge < -0.3 is 148 Å². The van der Waals surface area contributed by atoms with Crippen molar-refractivity contribution in [2.75, 3.05) is 46.1 Å². The normalized spacial score (nSPS) is 36.2. The van der Waals surface area contributed by atoms with Crippen LogP contribution in [-0.4, -0.2) is 317 Å². The summed E-state index contributed by atoms with van der Waals surface area (Å²) in [5.74, 6) is -9.56. The maximum atomic E-state index is 15.3. The van der Waals surface area contributed by atoms with Crippen molar-refractivity contribution in [3.63, 3.8) is 0 Å². The van der Waals surface area contributed by atoms with E-state index in [9.17, 15) is 80.8 Å². The number of hydrogen-bond acceptors (Lipinski definition) is 32. The largest absolute Gasteiger partial charge is 0.463 e. The molecule has 7 aliphatic rings. The van der Waals surface area contributed by atoms with Crippen LogP contribution in [0.3, 0.4) is 0 Å². The lowest BCUT2D eigenvalue weighted by Gasteiger charge is -2.46. The van der Waals surface area contributed by atoms with E-state index in [1.807, 2.05) is 0 Å². The third-order valence-corrected chi connectivity index (χ3v) is 19.0. The smallest absolute Gasteiger partial charge is 0.305 e. The molecule has 2 aromatic rings. The van der Waals surface area contributed by atoms with Gasteiger partial charge in [0, 0.05) is 18.8 Å². The second-order valence-corrected chi connectivity index (χ2v) is 25.8. The van der Waals surface area contributed by atoms with Crippen molar-refractivity contribution in [3.8, 4) is 5.75 Å². The number of ether oxygens (including phenoxy) is 6. The minimum atomic E-state index is -2.38. The standard InChI is InChI=1S/C62H90N12O26/c1-25(28-9-3-2-4-10-28)39-55(92)68-30(17-27-11-14-29(15-12-27)96-59-51(89)48(86)52(36(23-77)99-59)100-60-50(88)47(85)45(83)35(22-76)98-60)54(91)72-40(42(80)31-18-66-61(63)70-31)57(94)73-41(43(81)33-19-67-62(64)74(33)58-49(87)46(84)44(82)34(21-75)97-58)56(93)69-32(53(90)65-20-37(78)71-39)24-95-38(79)16-13-26-7-5-6-8-26/h2-4,9-12,14-15,25-26,30-36,39-52,58-60,75-77,80-89H,5-8,13,16-24H2,1H3,(H2,64,67)(H,65,90)(H,68,92)(H,69,93)(H,71,78)(H,72,91)(H,73,94)(H3,63,66,70)/t25?,30-,31?,32+,33?,34-,35-,36-,39+,40+,41-,42?,43?,44-,45-,46+,47+,48-,49+,50+,51+,52-,58+,59+,60-/m1/s1. The molecule has 5 fully saturated rings. The van der Waals surface area contributed by atoms with E-state index in [0.29, 0.717) is 12.0 Å². The summed E-state index contributed by atoms with van der Waals surface area (Å²) >= 11 is 0. The molecule has 1 aliphatic carbocycles. The average molecular weight is 1420 g/mol. The highest BCUT2D eigenvalue weighted by molar-refractivity contribution is 5.98. The lowest BCUT2D eigenvalue weighted by atomic mass is 9.92. The molecule has 38 heteroatoms. The maximum Gasteiger partial charge on any atom is 0.305 e. The molecule has 0 bridgehead atoms. The van der Waals surface area contributed by atoms with Crippen molar-refractivity contribution in [2.45, 2.75) is 204 Å². The van der Waals surface area contributed by atoms with Crippen molar-refractivity contribution in [1.82, 2.24) is 42.1 Å². The highest BCUT2D eigenvalue weighted by Crippen LogP contribution is 2.33. The molecule has 554 valence electrons. The second kappa shape index (κ2) is 34.4. The van der Waals surface area contributed by atoms with Gasteiger partial charge in [-0.2, -0.15) is 0 Å². The van der Waals surface area contributed by atoms with Crippen LogP contribution in [0.5, 0.6) is 5.75 Å². The van der Waals surface area contributed by atoms with E-state index in [-0.39, 0.29) is 36.2 Å². The fourth-order valence-electron chi connectivity index (χ4n) is 13.1. The Morgan fingerprint density at radius 3 is 1.86 bits per heavy atom. The summed E-state index contributed by atoms with van der Waals surface area (Å²) in [6, 6.07) is 0.717. The Morgan fingerprint density at radius 1 is 0.620 bits per heavy atom. The minimum Gasteiger partial charge on any atom is -0.463 e. The number of hydrogen-bond donors (Lipinski definition) is 22. The Morgan fingerprint density at radius 2 is 1.21 bits per heavy atom. The number of nitrogens with zero attached hydrogens (tertiary/aromatic N) is 3. The Balaban J connectivity index is 1.04. The molecule has 4 saturated heterocycles. The minimum absolute atomic E-state index is 0.0778. The topological polar surface area (TPSA) is 602 Å². The Kier molecular flexibility index (Phi) is 26.3. The van der Waals surface area contributed by atoms with Gasteiger partial charge in [-0.15, -0.1) is 0 Å². The fourth-order valence-corrected chi connectivity index (χ4v) is 13.1. The van der Waals surface area contributed by atoms with Crippen LogP contribution in [0.1, 0.15) is 62.5 Å². The van der Waals surface area contributed by atoms with Crippen LogP contribution in [0, 0.1) is 5.92 Å². The van der Waals surface area contributed by atoms with Crippen LogP contribution >= 0.6 is 0 Å². The number of carbonyl (C=O) groups excluding carboxylic acids is 7. The van der Waals surface area contributed by atoms with E-state index in [4.69, 9.17) is 39.9 Å². The molecule has 24 N–H and O–H groups in total. The number of nitrogens with two attached hydrogens (primary N) is 2. The molecule has 2 aromatic carbocycles. The van der Waals surface area contributed by atoms with Gasteiger partial charge in [-0.25, -0.2) is 0 Å². The van der Waals surface area contributed by atoms with Crippen LogP contribution in [0.25, 0.3) is 0 Å². The molecular formula is C62H90N12O26. The summed E-state index contributed by atoms with van der Waals surface area (Å²) in [4.78, 5) is 112. The predicted octanol–water partition coefficient (Wildman–Crippen LogP) is -11.1. The second-order valence-electron chi connectivity index (χ2n) is 25.8. The SMILES string of the molecule is CC(c1ccccc1)[C@@H]1NC(=O)CNC(=O)[C@H](COC(=O)CCC2CCCC2)NC(=O)[C@@H](C(O)C2CN=C(N)N2[C@H]2O[C@H](CO)[C@@H](O)[C@H](O)[C@@H]2O)NC(=O)[C@H](C(O)C2CN=C(N)N2)NC(=O)[C@@H](Cc2ccc(O[C@H]3O[C@H](CO)[C@@H](O[C@H]4O[C@H](CO)[C@@H](O)[C@H](O)[C@@H]4O)[C@H](O)[C@@H]3O)cc2)NC1=O. The summed E-state index contributed by atoms with van der Waals surface area (Å²) in [6.45, 7) is -3.76. The van der Waals surface area contributed by atoms with Gasteiger partial charge in [-0.05, 0) is 35.6 Å². The first-order valence-electron chi connectivity index (χ1n) is 32.9. The van der Waals surface area contributed by atoms with Crippen molar-refractivity contribution in [1.29, 1.82) is 0 Å². The van der Waals surface area contributed by atoms with Crippen LogP contribution in [0.2, 0.25) is 0 Å². The lowest BCUT2D eigenvalue weighted by Crippen LogP contribution is -2.70. The van der Waals surface area contributed by atoms with Gasteiger partial charge in [0.25, 0.3) is 0 Å². The molecule has 5 unspecified atom stereocenters. The van der Waals surface area contributed by atoms with Gasteiger partial charge in [0.15, 0.2) is 24.4 Å². The third-order valence-electron chi connectivity index (χ3n) is 19.0. The molecule has 0 spiro atoms. The Labute approximate surface area is 571 Å². The molecule has 0 aromatic heterocycles. The van der Waals surface area contributed by atoms with Gasteiger partial charge in [-0.1, -0.05) is 75.1 Å². The third kappa shape index (κ3) is 18.0. The molecule has 0 radical (unpaired) electrons. The molecule has 25 atom stereocenters. The van der Waals surface area contributed by atoms with E-state index in [1.165, 1.54) is 24.3 Å². The van der Waals surface area contributed by atoms with Crippen LogP contribution in [0.4, 0.5) is 0 Å². The molecule has 100 heavy (non-hydrogen) atoms. The van der Waals surface area contributed by atoms with Crippen molar-refractivity contribution in [2.24, 2.45) is 27.4 Å². The number of benzene rings is 2. The lowest BCUT2D eigenvalue weighted by molar-refractivity contribution is -0.352. The predicted molar refractivity (Wildman–Crippen MR) is 338 cm³/mol. The van der Waals surface area contributed by atoms with Crippen LogP contribution in [0.15, 0.2) is 64.6 Å². The Bertz CT molecular complexity index is 3190. The van der Waals surface area contributed by atoms with E-state index in [0.717, 1.165) is 30.6 Å². The number of nitrogens with one attached hydrogen (secondary N) is 7. The molecule has 6 heterocycles. The van der Waals surface area contributed by atoms with Gasteiger partial charge in [0.2, 0.25) is 41.7 Å². The molecular weight excluding hydrogens is 1330 g/mol. The number of esters is 1. The van der Waals surface area contributed by atoms with E-state index in [2.05, 4.69) is 47.2 Å². The van der Waals surface area contributed by atoms with Crippen LogP contribution in [-0.2, 0) is 63.7 Å².